The molecule has 5 rings (SSSR count). The molecule has 0 amide bonds. The first-order valence-corrected chi connectivity index (χ1v) is 10.3. The van der Waals surface area contributed by atoms with E-state index in [9.17, 15) is 0 Å². The Kier molecular flexibility index (Phi) is 4.86. The van der Waals surface area contributed by atoms with Crippen molar-refractivity contribution in [2.75, 3.05) is 0 Å². The first-order valence-electron chi connectivity index (χ1n) is 10.3. The molecule has 0 aliphatic carbocycles. The minimum absolute atomic E-state index is 0.284. The molecule has 0 spiro atoms. The summed E-state index contributed by atoms with van der Waals surface area (Å²) in [4.78, 5) is 9.52. The van der Waals surface area contributed by atoms with Gasteiger partial charge in [-0.3, -0.25) is 4.99 Å². The maximum absolute atomic E-state index is 15.0. The Morgan fingerprint density at radius 1 is 1.00 bits per heavy atom. The summed E-state index contributed by atoms with van der Waals surface area (Å²) in [6.07, 6.45) is 1.56. The lowest BCUT2D eigenvalue weighted by Gasteiger charge is -2.30. The van der Waals surface area contributed by atoms with E-state index in [4.69, 9.17) is 10.7 Å². The van der Waals surface area contributed by atoms with Gasteiger partial charge in [0.2, 0.25) is 0 Å². The van der Waals surface area contributed by atoms with Crippen LogP contribution >= 0.6 is 0 Å². The van der Waals surface area contributed by atoms with E-state index in [1.54, 1.807) is 23.0 Å². The molecule has 6 nitrogen and oxygen atoms in total. The van der Waals surface area contributed by atoms with Gasteiger partial charge in [0, 0.05) is 16.7 Å². The summed E-state index contributed by atoms with van der Waals surface area (Å²) >= 11 is 0. The fourth-order valence-electron chi connectivity index (χ4n) is 3.98. The van der Waals surface area contributed by atoms with Crippen LogP contribution in [0.2, 0.25) is 0 Å². The zero-order valence-electron chi connectivity index (χ0n) is 17.5. The number of rotatable bonds is 4. The zero-order chi connectivity index (χ0) is 22.1. The lowest BCUT2D eigenvalue weighted by atomic mass is 9.90. The Hall–Kier alpha value is -4.13. The van der Waals surface area contributed by atoms with E-state index in [-0.39, 0.29) is 11.7 Å². The van der Waals surface area contributed by atoms with Gasteiger partial charge in [-0.2, -0.15) is 0 Å². The number of halogens is 1. The van der Waals surface area contributed by atoms with Crippen molar-refractivity contribution in [1.82, 2.24) is 15.0 Å². The fraction of sp³-hybridized carbons (Fsp3) is 0.120. The van der Waals surface area contributed by atoms with Crippen molar-refractivity contribution in [2.24, 2.45) is 15.7 Å². The summed E-state index contributed by atoms with van der Waals surface area (Å²) in [5.41, 5.74) is 9.61. The average molecular weight is 424 g/mol. The maximum Gasteiger partial charge on any atom is 0.146 e. The standard InChI is InChI=1S/C25H21FN6/c1-25(16-32-22(15-28-31-32)24(27)30-25)20-14-19(12-13-21(20)26)29-23(17-8-4-2-5-9-17)18-10-6-3-7-11-18/h2-15H,16H2,1H3,(H2,27,30)/t25-/m0/s1. The van der Waals surface area contributed by atoms with Gasteiger partial charge in [-0.25, -0.2) is 14.1 Å². The molecular weight excluding hydrogens is 403 g/mol. The van der Waals surface area contributed by atoms with Crippen LogP contribution in [0.4, 0.5) is 10.1 Å². The molecule has 1 atom stereocenters. The van der Waals surface area contributed by atoms with Crippen LogP contribution < -0.4 is 5.73 Å². The third-order valence-corrected chi connectivity index (χ3v) is 5.57. The van der Waals surface area contributed by atoms with Crippen LogP contribution in [0.15, 0.2) is 95.0 Å². The first-order chi connectivity index (χ1) is 15.5. The summed E-state index contributed by atoms with van der Waals surface area (Å²) in [6, 6.07) is 24.7. The molecule has 1 aliphatic rings. The second kappa shape index (κ2) is 7.85. The Bertz CT molecular complexity index is 1290. The van der Waals surface area contributed by atoms with Crippen molar-refractivity contribution in [1.29, 1.82) is 0 Å². The molecule has 0 bridgehead atoms. The minimum Gasteiger partial charge on any atom is -0.382 e. The molecular formula is C25H21FN6. The number of hydrogen-bond donors (Lipinski definition) is 1. The molecule has 0 saturated carbocycles. The lowest BCUT2D eigenvalue weighted by Crippen LogP contribution is -2.37. The Labute approximate surface area is 185 Å². The van der Waals surface area contributed by atoms with Crippen molar-refractivity contribution in [3.05, 3.63) is 113 Å². The van der Waals surface area contributed by atoms with Crippen LogP contribution in [0.1, 0.15) is 29.3 Å². The average Bonchev–Trinajstić information content (AvgIpc) is 3.28. The summed E-state index contributed by atoms with van der Waals surface area (Å²) in [6.45, 7) is 2.17. The van der Waals surface area contributed by atoms with Crippen molar-refractivity contribution >= 4 is 17.2 Å². The monoisotopic (exact) mass is 424 g/mol. The van der Waals surface area contributed by atoms with Gasteiger partial charge in [-0.1, -0.05) is 65.9 Å². The maximum atomic E-state index is 15.0. The van der Waals surface area contributed by atoms with Crippen molar-refractivity contribution in [3.8, 4) is 0 Å². The number of aromatic nitrogens is 3. The van der Waals surface area contributed by atoms with Gasteiger partial charge >= 0.3 is 0 Å². The van der Waals surface area contributed by atoms with Gasteiger partial charge in [0.05, 0.1) is 24.1 Å². The lowest BCUT2D eigenvalue weighted by molar-refractivity contribution is 0.359. The molecule has 32 heavy (non-hydrogen) atoms. The SMILES string of the molecule is C[C@@]1(c2cc(N=C(c3ccccc3)c3ccccc3)ccc2F)Cn2nncc2C(N)=N1. The van der Waals surface area contributed by atoms with Gasteiger partial charge in [0.25, 0.3) is 0 Å². The van der Waals surface area contributed by atoms with Crippen LogP contribution in [0.5, 0.6) is 0 Å². The van der Waals surface area contributed by atoms with Crippen LogP contribution in [-0.4, -0.2) is 26.5 Å². The summed E-state index contributed by atoms with van der Waals surface area (Å²) in [7, 11) is 0. The third-order valence-electron chi connectivity index (χ3n) is 5.57. The topological polar surface area (TPSA) is 81.5 Å². The van der Waals surface area contributed by atoms with Crippen molar-refractivity contribution in [3.63, 3.8) is 0 Å². The Morgan fingerprint density at radius 3 is 2.31 bits per heavy atom. The molecule has 0 saturated heterocycles. The number of benzene rings is 3. The van der Waals surface area contributed by atoms with Crippen LogP contribution in [0, 0.1) is 5.82 Å². The van der Waals surface area contributed by atoms with E-state index in [0.29, 0.717) is 23.5 Å². The summed E-state index contributed by atoms with van der Waals surface area (Å²) in [5.74, 6) is -0.0844. The molecule has 4 aromatic rings. The quantitative estimate of drug-likeness (QED) is 0.498. The highest BCUT2D eigenvalue weighted by molar-refractivity contribution is 6.13. The molecule has 7 heteroatoms. The van der Waals surface area contributed by atoms with Crippen LogP contribution in [0.25, 0.3) is 0 Å². The van der Waals surface area contributed by atoms with Gasteiger partial charge in [-0.05, 0) is 25.1 Å². The molecule has 2 N–H and O–H groups in total. The predicted octanol–water partition coefficient (Wildman–Crippen LogP) is 4.22. The highest BCUT2D eigenvalue weighted by Gasteiger charge is 2.35. The van der Waals surface area contributed by atoms with E-state index in [1.807, 2.05) is 67.6 Å². The van der Waals surface area contributed by atoms with Crippen molar-refractivity contribution in [2.45, 2.75) is 19.0 Å². The molecule has 3 aromatic carbocycles. The molecule has 158 valence electrons. The Morgan fingerprint density at radius 2 is 1.66 bits per heavy atom. The van der Waals surface area contributed by atoms with E-state index in [1.165, 1.54) is 6.07 Å². The largest absolute Gasteiger partial charge is 0.382 e. The van der Waals surface area contributed by atoms with Gasteiger partial charge < -0.3 is 5.73 Å². The summed E-state index contributed by atoms with van der Waals surface area (Å²) in [5, 5.41) is 7.96. The van der Waals surface area contributed by atoms with Crippen LogP contribution in [0.3, 0.4) is 0 Å². The fourth-order valence-corrected chi connectivity index (χ4v) is 3.98. The van der Waals surface area contributed by atoms with Gasteiger partial charge in [0.15, 0.2) is 0 Å². The Balaban J connectivity index is 1.62. The molecule has 0 radical (unpaired) electrons. The van der Waals surface area contributed by atoms with E-state index < -0.39 is 5.54 Å². The second-order valence-corrected chi connectivity index (χ2v) is 7.90. The molecule has 1 aromatic heterocycles. The summed E-state index contributed by atoms with van der Waals surface area (Å²) < 4.78 is 16.7. The highest BCUT2D eigenvalue weighted by Crippen LogP contribution is 2.35. The number of fused-ring (bicyclic) bond motifs is 1. The normalized spacial score (nSPS) is 17.4. The molecule has 1 aliphatic heterocycles. The first kappa shape index (κ1) is 19.8. The number of aliphatic imine (C=N–C) groups is 2. The van der Waals surface area contributed by atoms with Crippen LogP contribution in [-0.2, 0) is 12.1 Å². The van der Waals surface area contributed by atoms with Gasteiger partial charge in [-0.15, -0.1) is 5.10 Å². The minimum atomic E-state index is -0.931. The van der Waals surface area contributed by atoms with Gasteiger partial charge in [0.1, 0.15) is 22.9 Å². The zero-order valence-corrected chi connectivity index (χ0v) is 17.5. The van der Waals surface area contributed by atoms with E-state index >= 15 is 4.39 Å². The third kappa shape index (κ3) is 3.58. The number of hydrogen-bond acceptors (Lipinski definition) is 5. The predicted molar refractivity (Wildman–Crippen MR) is 123 cm³/mol. The highest BCUT2D eigenvalue weighted by atomic mass is 19.1. The van der Waals surface area contributed by atoms with E-state index in [2.05, 4.69) is 15.3 Å². The number of nitrogens with two attached hydrogens (primary N) is 1. The van der Waals surface area contributed by atoms with Crippen molar-refractivity contribution < 1.29 is 4.39 Å². The molecule has 0 fully saturated rings. The number of nitrogens with zero attached hydrogens (tertiary/aromatic N) is 5. The molecule has 2 heterocycles. The number of amidine groups is 1. The smallest absolute Gasteiger partial charge is 0.146 e. The van der Waals surface area contributed by atoms with E-state index in [0.717, 1.165) is 16.8 Å². The second-order valence-electron chi connectivity index (χ2n) is 7.90. The molecule has 0 unspecified atom stereocenters.